The fourth-order valence-corrected chi connectivity index (χ4v) is 2.49. The number of primary amides is 1. The lowest BCUT2D eigenvalue weighted by molar-refractivity contribution is 0.0994. The van der Waals surface area contributed by atoms with Crippen molar-refractivity contribution in [3.8, 4) is 5.75 Å². The highest BCUT2D eigenvalue weighted by Gasteiger charge is 2.13. The number of carbonyl (C=O) groups is 1. The van der Waals surface area contributed by atoms with Gasteiger partial charge >= 0.3 is 0 Å². The molecule has 0 saturated carbocycles. The third-order valence-corrected chi connectivity index (χ3v) is 3.65. The Morgan fingerprint density at radius 2 is 2.05 bits per heavy atom. The van der Waals surface area contributed by atoms with Crippen LogP contribution in [0, 0.1) is 0 Å². The Labute approximate surface area is 131 Å². The zero-order valence-corrected chi connectivity index (χ0v) is 13.1. The predicted octanol–water partition coefficient (Wildman–Crippen LogP) is 3.12. The third kappa shape index (κ3) is 3.85. The molecule has 1 amide bonds. The van der Waals surface area contributed by atoms with Crippen LogP contribution in [-0.2, 0) is 12.8 Å². The molecule has 4 heteroatoms. The highest BCUT2D eigenvalue weighted by atomic mass is 16.5. The topological polar surface area (TPSA) is 65.2 Å². The summed E-state index contributed by atoms with van der Waals surface area (Å²) in [4.78, 5) is 15.9. The number of ether oxygens (including phenoxy) is 1. The molecule has 1 aromatic heterocycles. The van der Waals surface area contributed by atoms with Gasteiger partial charge in [-0.05, 0) is 35.6 Å². The van der Waals surface area contributed by atoms with Crippen molar-refractivity contribution in [2.75, 3.05) is 7.11 Å². The predicted molar refractivity (Wildman–Crippen MR) is 87.2 cm³/mol. The number of amides is 1. The number of unbranched alkanes of at least 4 members (excludes halogenated alkanes) is 1. The van der Waals surface area contributed by atoms with Gasteiger partial charge in [0.15, 0.2) is 0 Å². The molecule has 0 aliphatic rings. The van der Waals surface area contributed by atoms with Crippen LogP contribution in [0.5, 0.6) is 5.75 Å². The fraction of sp³-hybridized carbons (Fsp3) is 0.333. The Hall–Kier alpha value is -2.36. The maximum absolute atomic E-state index is 11.6. The van der Waals surface area contributed by atoms with Crippen LogP contribution in [-0.4, -0.2) is 18.0 Å². The second kappa shape index (κ2) is 7.59. The Morgan fingerprint density at radius 3 is 2.73 bits per heavy atom. The minimum Gasteiger partial charge on any atom is -0.496 e. The van der Waals surface area contributed by atoms with Crippen molar-refractivity contribution in [2.24, 2.45) is 5.73 Å². The highest BCUT2D eigenvalue weighted by molar-refractivity contribution is 5.92. The van der Waals surface area contributed by atoms with Crippen molar-refractivity contribution < 1.29 is 9.53 Å². The standard InChI is InChI=1S/C18H22N2O2/c1-3-4-7-13-10-15(17(18(19)21)20-12-13)11-14-8-5-6-9-16(14)22-2/h5-6,8-10,12H,3-4,7,11H2,1-2H3,(H2,19,21). The number of methoxy groups -OCH3 is 1. The van der Waals surface area contributed by atoms with Gasteiger partial charge in [-0.1, -0.05) is 37.6 Å². The fourth-order valence-electron chi connectivity index (χ4n) is 2.49. The largest absolute Gasteiger partial charge is 0.496 e. The van der Waals surface area contributed by atoms with Crippen LogP contribution < -0.4 is 10.5 Å². The van der Waals surface area contributed by atoms with Crippen molar-refractivity contribution in [2.45, 2.75) is 32.6 Å². The number of aryl methyl sites for hydroxylation is 1. The lowest BCUT2D eigenvalue weighted by atomic mass is 9.99. The Kier molecular flexibility index (Phi) is 5.53. The minimum atomic E-state index is -0.494. The summed E-state index contributed by atoms with van der Waals surface area (Å²) in [6, 6.07) is 9.81. The van der Waals surface area contributed by atoms with E-state index in [4.69, 9.17) is 10.5 Å². The number of hydrogen-bond acceptors (Lipinski definition) is 3. The number of benzene rings is 1. The average Bonchev–Trinajstić information content (AvgIpc) is 2.53. The second-order valence-corrected chi connectivity index (χ2v) is 5.31. The lowest BCUT2D eigenvalue weighted by Gasteiger charge is -2.11. The van der Waals surface area contributed by atoms with Crippen molar-refractivity contribution in [3.05, 3.63) is 58.9 Å². The molecule has 0 aliphatic heterocycles. The number of rotatable bonds is 7. The van der Waals surface area contributed by atoms with Crippen LogP contribution in [0.15, 0.2) is 36.5 Å². The van der Waals surface area contributed by atoms with Gasteiger partial charge in [-0.25, -0.2) is 0 Å². The number of aromatic nitrogens is 1. The number of pyridine rings is 1. The Bertz CT molecular complexity index is 653. The molecule has 0 fully saturated rings. The van der Waals surface area contributed by atoms with Crippen LogP contribution in [0.4, 0.5) is 0 Å². The monoisotopic (exact) mass is 298 g/mol. The molecule has 2 aromatic rings. The molecular weight excluding hydrogens is 276 g/mol. The Balaban J connectivity index is 2.36. The van der Waals surface area contributed by atoms with E-state index in [1.165, 1.54) is 0 Å². The smallest absolute Gasteiger partial charge is 0.267 e. The molecule has 0 aliphatic carbocycles. The molecule has 0 bridgehead atoms. The van der Waals surface area contributed by atoms with Crippen molar-refractivity contribution in [1.82, 2.24) is 4.98 Å². The number of para-hydroxylation sites is 1. The van der Waals surface area contributed by atoms with Crippen molar-refractivity contribution in [3.63, 3.8) is 0 Å². The molecule has 0 spiro atoms. The van der Waals surface area contributed by atoms with Gasteiger partial charge in [0, 0.05) is 12.6 Å². The Morgan fingerprint density at radius 1 is 1.27 bits per heavy atom. The first kappa shape index (κ1) is 16.0. The molecule has 0 saturated heterocycles. The second-order valence-electron chi connectivity index (χ2n) is 5.31. The van der Waals surface area contributed by atoms with E-state index in [2.05, 4.69) is 11.9 Å². The molecule has 0 unspecified atom stereocenters. The van der Waals surface area contributed by atoms with E-state index in [1.54, 1.807) is 13.3 Å². The van der Waals surface area contributed by atoms with E-state index >= 15 is 0 Å². The molecule has 116 valence electrons. The van der Waals surface area contributed by atoms with Gasteiger partial charge in [-0.3, -0.25) is 9.78 Å². The van der Waals surface area contributed by atoms with Gasteiger partial charge in [0.25, 0.3) is 5.91 Å². The van der Waals surface area contributed by atoms with E-state index in [1.807, 2.05) is 30.3 Å². The average molecular weight is 298 g/mol. The molecule has 4 nitrogen and oxygen atoms in total. The SMILES string of the molecule is CCCCc1cnc(C(N)=O)c(Cc2ccccc2OC)c1. The van der Waals surface area contributed by atoms with Gasteiger partial charge in [0.1, 0.15) is 11.4 Å². The summed E-state index contributed by atoms with van der Waals surface area (Å²) in [6.07, 6.45) is 5.52. The van der Waals surface area contributed by atoms with Crippen LogP contribution in [0.2, 0.25) is 0 Å². The molecule has 2 N–H and O–H groups in total. The van der Waals surface area contributed by atoms with E-state index < -0.39 is 5.91 Å². The molecule has 2 rings (SSSR count). The molecule has 22 heavy (non-hydrogen) atoms. The summed E-state index contributed by atoms with van der Waals surface area (Å²) in [5.41, 5.74) is 8.80. The highest BCUT2D eigenvalue weighted by Crippen LogP contribution is 2.23. The lowest BCUT2D eigenvalue weighted by Crippen LogP contribution is -2.16. The van der Waals surface area contributed by atoms with Crippen molar-refractivity contribution >= 4 is 5.91 Å². The van der Waals surface area contributed by atoms with Gasteiger partial charge < -0.3 is 10.5 Å². The zero-order valence-electron chi connectivity index (χ0n) is 13.1. The summed E-state index contributed by atoms with van der Waals surface area (Å²) < 4.78 is 5.38. The van der Waals surface area contributed by atoms with Crippen LogP contribution in [0.3, 0.4) is 0 Å². The number of nitrogens with zero attached hydrogens (tertiary/aromatic N) is 1. The first-order valence-corrected chi connectivity index (χ1v) is 7.55. The summed E-state index contributed by atoms with van der Waals surface area (Å²) in [5, 5.41) is 0. The third-order valence-electron chi connectivity index (χ3n) is 3.65. The van der Waals surface area contributed by atoms with E-state index in [-0.39, 0.29) is 0 Å². The summed E-state index contributed by atoms with van der Waals surface area (Å²) >= 11 is 0. The maximum Gasteiger partial charge on any atom is 0.267 e. The minimum absolute atomic E-state index is 0.339. The van der Waals surface area contributed by atoms with E-state index in [0.29, 0.717) is 12.1 Å². The first-order chi connectivity index (χ1) is 10.7. The van der Waals surface area contributed by atoms with Crippen molar-refractivity contribution in [1.29, 1.82) is 0 Å². The van der Waals surface area contributed by atoms with Crippen LogP contribution in [0.25, 0.3) is 0 Å². The molecule has 1 heterocycles. The zero-order chi connectivity index (χ0) is 15.9. The van der Waals surface area contributed by atoms with Crippen LogP contribution in [0.1, 0.15) is 46.9 Å². The molecular formula is C18H22N2O2. The molecule has 1 aromatic carbocycles. The number of nitrogens with two attached hydrogens (primary N) is 1. The van der Waals surface area contributed by atoms with Gasteiger partial charge in [0.2, 0.25) is 0 Å². The summed E-state index contributed by atoms with van der Waals surface area (Å²) in [5.74, 6) is 0.309. The normalized spacial score (nSPS) is 10.5. The first-order valence-electron chi connectivity index (χ1n) is 7.55. The van der Waals surface area contributed by atoms with Crippen LogP contribution >= 0.6 is 0 Å². The number of carbonyl (C=O) groups excluding carboxylic acids is 1. The van der Waals surface area contributed by atoms with Gasteiger partial charge in [-0.2, -0.15) is 0 Å². The summed E-state index contributed by atoms with van der Waals surface area (Å²) in [6.45, 7) is 2.15. The van der Waals surface area contributed by atoms with Gasteiger partial charge in [0.05, 0.1) is 7.11 Å². The van der Waals surface area contributed by atoms with Gasteiger partial charge in [-0.15, -0.1) is 0 Å². The summed E-state index contributed by atoms with van der Waals surface area (Å²) in [7, 11) is 1.64. The quantitative estimate of drug-likeness (QED) is 0.854. The maximum atomic E-state index is 11.6. The van der Waals surface area contributed by atoms with E-state index in [9.17, 15) is 4.79 Å². The molecule has 0 radical (unpaired) electrons. The number of hydrogen-bond donors (Lipinski definition) is 1. The molecule has 0 atom stereocenters. The van der Waals surface area contributed by atoms with E-state index in [0.717, 1.165) is 41.7 Å².